The van der Waals surface area contributed by atoms with Gasteiger partial charge in [-0.3, -0.25) is 9.69 Å². The molecule has 2 unspecified atom stereocenters. The van der Waals surface area contributed by atoms with Crippen LogP contribution in [0.2, 0.25) is 0 Å². The van der Waals surface area contributed by atoms with Crippen molar-refractivity contribution in [3.05, 3.63) is 70.3 Å². The number of amides is 1. The topological polar surface area (TPSA) is 106 Å². The summed E-state index contributed by atoms with van der Waals surface area (Å²) in [5.74, 6) is -0.682. The van der Waals surface area contributed by atoms with E-state index in [1.807, 2.05) is 26.0 Å². The second-order valence-corrected chi connectivity index (χ2v) is 6.83. The Morgan fingerprint density at radius 2 is 1.93 bits per heavy atom. The lowest BCUT2D eigenvalue weighted by atomic mass is 9.73. The van der Waals surface area contributed by atoms with Crippen molar-refractivity contribution in [2.24, 2.45) is 10.7 Å². The Morgan fingerprint density at radius 1 is 1.19 bits per heavy atom. The van der Waals surface area contributed by atoms with Crippen LogP contribution in [-0.2, 0) is 10.3 Å². The fourth-order valence-corrected chi connectivity index (χ4v) is 3.52. The summed E-state index contributed by atoms with van der Waals surface area (Å²) in [5.41, 5.74) is 8.38. The maximum atomic E-state index is 13.2. The summed E-state index contributed by atoms with van der Waals surface area (Å²) in [4.78, 5) is 19.2. The van der Waals surface area contributed by atoms with Crippen molar-refractivity contribution in [1.82, 2.24) is 4.90 Å². The van der Waals surface area contributed by atoms with E-state index in [2.05, 4.69) is 17.1 Å². The van der Waals surface area contributed by atoms with E-state index < -0.39 is 11.5 Å². The molecule has 6 nitrogen and oxygen atoms in total. The van der Waals surface area contributed by atoms with E-state index in [0.29, 0.717) is 11.1 Å². The highest BCUT2D eigenvalue weighted by Crippen LogP contribution is 2.44. The fourth-order valence-electron chi connectivity index (χ4n) is 3.52. The van der Waals surface area contributed by atoms with Gasteiger partial charge in [0.1, 0.15) is 5.54 Å². The molecule has 2 aromatic carbocycles. The van der Waals surface area contributed by atoms with Crippen molar-refractivity contribution in [1.29, 1.82) is 10.5 Å². The lowest BCUT2D eigenvalue weighted by molar-refractivity contribution is -0.130. The number of hydrogen-bond donors (Lipinski definition) is 1. The van der Waals surface area contributed by atoms with Gasteiger partial charge in [0.05, 0.1) is 29.2 Å². The van der Waals surface area contributed by atoms with E-state index in [0.717, 1.165) is 16.7 Å². The van der Waals surface area contributed by atoms with Crippen LogP contribution in [0, 0.1) is 29.6 Å². The zero-order valence-corrected chi connectivity index (χ0v) is 15.4. The Bertz CT molecular complexity index is 1040. The summed E-state index contributed by atoms with van der Waals surface area (Å²) in [6.45, 7) is 3.68. The Balaban J connectivity index is 2.25. The van der Waals surface area contributed by atoms with Crippen LogP contribution in [0.5, 0.6) is 0 Å². The highest BCUT2D eigenvalue weighted by molar-refractivity contribution is 6.02. The number of hydrogen-bond acceptors (Lipinski definition) is 5. The molecular weight excluding hydrogens is 338 g/mol. The molecule has 6 heteroatoms. The minimum Gasteiger partial charge on any atom is -0.369 e. The Hall–Kier alpha value is -3.64. The maximum absolute atomic E-state index is 13.2. The largest absolute Gasteiger partial charge is 0.369 e. The number of carbonyl (C=O) groups excluding carboxylic acids is 1. The number of aryl methyl sites for hydroxylation is 1. The molecule has 0 bridgehead atoms. The summed E-state index contributed by atoms with van der Waals surface area (Å²) in [6, 6.07) is 16.7. The molecule has 1 aliphatic rings. The van der Waals surface area contributed by atoms with Crippen LogP contribution >= 0.6 is 0 Å². The quantitative estimate of drug-likeness (QED) is 0.891. The van der Waals surface area contributed by atoms with Gasteiger partial charge in [-0.25, -0.2) is 4.99 Å². The van der Waals surface area contributed by atoms with Gasteiger partial charge in [0.2, 0.25) is 5.91 Å². The number of nitriles is 2. The molecule has 2 N–H and O–H groups in total. The number of likely N-dealkylation sites (N-methyl/N-ethyl adjacent to an activating group) is 1. The number of carbonyl (C=O) groups is 1. The van der Waals surface area contributed by atoms with Crippen molar-refractivity contribution in [2.45, 2.75) is 25.3 Å². The molecule has 1 heterocycles. The molecule has 0 aromatic heterocycles. The molecule has 0 radical (unpaired) electrons. The van der Waals surface area contributed by atoms with E-state index in [1.54, 1.807) is 37.4 Å². The van der Waals surface area contributed by atoms with Gasteiger partial charge in [-0.1, -0.05) is 24.3 Å². The lowest BCUT2D eigenvalue weighted by Crippen LogP contribution is -2.52. The molecule has 3 rings (SSSR count). The molecule has 134 valence electrons. The molecular formula is C21H19N5O. The fraction of sp³-hybridized carbons (Fsp3) is 0.238. The molecule has 1 amide bonds. The smallest absolute Gasteiger partial charge is 0.239 e. The average molecular weight is 357 g/mol. The summed E-state index contributed by atoms with van der Waals surface area (Å²) < 4.78 is 0. The maximum Gasteiger partial charge on any atom is 0.239 e. The molecule has 2 atom stereocenters. The molecule has 0 aliphatic carbocycles. The number of guanidine groups is 1. The number of aliphatic imine (C=N–C) groups is 1. The number of benzene rings is 2. The van der Waals surface area contributed by atoms with Crippen LogP contribution in [0.4, 0.5) is 0 Å². The van der Waals surface area contributed by atoms with Crippen LogP contribution in [0.1, 0.15) is 40.7 Å². The van der Waals surface area contributed by atoms with Gasteiger partial charge < -0.3 is 5.73 Å². The molecule has 27 heavy (non-hydrogen) atoms. The predicted molar refractivity (Wildman–Crippen MR) is 102 cm³/mol. The van der Waals surface area contributed by atoms with Crippen molar-refractivity contribution in [3.63, 3.8) is 0 Å². The minimum atomic E-state index is -0.971. The predicted octanol–water partition coefficient (Wildman–Crippen LogP) is 2.52. The van der Waals surface area contributed by atoms with E-state index in [4.69, 9.17) is 5.73 Å². The van der Waals surface area contributed by atoms with Crippen molar-refractivity contribution in [2.75, 3.05) is 7.05 Å². The van der Waals surface area contributed by atoms with Crippen LogP contribution in [-0.4, -0.2) is 23.8 Å². The van der Waals surface area contributed by atoms with Crippen molar-refractivity contribution < 1.29 is 4.79 Å². The van der Waals surface area contributed by atoms with Crippen molar-refractivity contribution in [3.8, 4) is 12.1 Å². The third-order valence-electron chi connectivity index (χ3n) is 5.11. The van der Waals surface area contributed by atoms with Gasteiger partial charge in [0.15, 0.2) is 5.96 Å². The van der Waals surface area contributed by atoms with Crippen LogP contribution < -0.4 is 5.73 Å². The minimum absolute atomic E-state index is 0.131. The summed E-state index contributed by atoms with van der Waals surface area (Å²) in [5, 5.41) is 18.4. The number of nitrogens with two attached hydrogens (primary N) is 1. The molecule has 0 saturated heterocycles. The van der Waals surface area contributed by atoms with Gasteiger partial charge in [-0.2, -0.15) is 10.5 Å². The van der Waals surface area contributed by atoms with Crippen LogP contribution in [0.25, 0.3) is 0 Å². The molecule has 0 saturated carbocycles. The molecule has 2 aromatic rings. The first-order valence-corrected chi connectivity index (χ1v) is 8.46. The summed E-state index contributed by atoms with van der Waals surface area (Å²) in [7, 11) is 1.59. The molecule has 1 aliphatic heterocycles. The first-order valence-electron chi connectivity index (χ1n) is 8.46. The number of nitrogens with zero attached hydrogens (tertiary/aromatic N) is 4. The van der Waals surface area contributed by atoms with Gasteiger partial charge >= 0.3 is 0 Å². The highest BCUT2D eigenvalue weighted by Gasteiger charge is 2.47. The SMILES string of the molecule is Cc1cc(C2C(=O)N(C)C(N)=NC2(C)c2cccc(C#N)c2)ccc1C#N. The first-order chi connectivity index (χ1) is 12.8. The normalized spacial score (nSPS) is 22.0. The van der Waals surface area contributed by atoms with E-state index in [1.165, 1.54) is 4.90 Å². The van der Waals surface area contributed by atoms with Gasteiger partial charge in [-0.15, -0.1) is 0 Å². The van der Waals surface area contributed by atoms with Gasteiger partial charge in [0, 0.05) is 7.05 Å². The standard InChI is InChI=1S/C21H19N5O/c1-13-9-15(7-8-16(13)12-23)18-19(27)26(3)20(24)25-21(18,2)17-6-4-5-14(10-17)11-22/h4-10,18H,1-3H3,(H2,24,25). The lowest BCUT2D eigenvalue weighted by Gasteiger charge is -2.41. The Labute approximate surface area is 158 Å². The summed E-state index contributed by atoms with van der Waals surface area (Å²) >= 11 is 0. The average Bonchev–Trinajstić information content (AvgIpc) is 2.66. The third-order valence-corrected chi connectivity index (χ3v) is 5.11. The molecule has 0 spiro atoms. The number of rotatable bonds is 2. The monoisotopic (exact) mass is 357 g/mol. The van der Waals surface area contributed by atoms with E-state index in [-0.39, 0.29) is 11.9 Å². The van der Waals surface area contributed by atoms with Gasteiger partial charge in [-0.05, 0) is 48.7 Å². The zero-order valence-electron chi connectivity index (χ0n) is 15.4. The zero-order chi connectivity index (χ0) is 19.8. The van der Waals surface area contributed by atoms with Crippen molar-refractivity contribution >= 4 is 11.9 Å². The highest BCUT2D eigenvalue weighted by atomic mass is 16.2. The molecule has 0 fully saturated rings. The van der Waals surface area contributed by atoms with Crippen LogP contribution in [0.3, 0.4) is 0 Å². The van der Waals surface area contributed by atoms with Gasteiger partial charge in [0.25, 0.3) is 0 Å². The van der Waals surface area contributed by atoms with Crippen LogP contribution in [0.15, 0.2) is 47.5 Å². The second-order valence-electron chi connectivity index (χ2n) is 6.83. The van der Waals surface area contributed by atoms with E-state index in [9.17, 15) is 15.3 Å². The first kappa shape index (κ1) is 18.2. The Kier molecular flexibility index (Phi) is 4.43. The third kappa shape index (κ3) is 2.92. The summed E-state index contributed by atoms with van der Waals surface area (Å²) in [6.07, 6.45) is 0. The van der Waals surface area contributed by atoms with E-state index >= 15 is 0 Å². The Morgan fingerprint density at radius 3 is 2.56 bits per heavy atom. The second kappa shape index (κ2) is 6.59.